The standard InChI is InChI=1S/C20H22N6O/c1-12(2)18-16-11-26(7-6-17(16)24-25-18)19(27)14-5-3-4-13(8-14)15-9-22-20(21)23-10-15/h3-5,8-10,12H,6-7,11H2,1-2H3,(H,24,25)(H2,21,22,23). The summed E-state index contributed by atoms with van der Waals surface area (Å²) >= 11 is 0. The Morgan fingerprint density at radius 2 is 2.00 bits per heavy atom. The number of aromatic amines is 1. The molecule has 0 saturated heterocycles. The molecule has 2 aromatic heterocycles. The normalized spacial score (nSPS) is 13.7. The first-order chi connectivity index (χ1) is 13.0. The van der Waals surface area contributed by atoms with E-state index < -0.39 is 0 Å². The van der Waals surface area contributed by atoms with Gasteiger partial charge in [0.1, 0.15) is 0 Å². The fourth-order valence-corrected chi connectivity index (χ4v) is 3.47. The summed E-state index contributed by atoms with van der Waals surface area (Å²) in [6.45, 7) is 5.51. The van der Waals surface area contributed by atoms with Crippen LogP contribution in [0.3, 0.4) is 0 Å². The molecular formula is C20H22N6O. The van der Waals surface area contributed by atoms with Crippen molar-refractivity contribution in [1.82, 2.24) is 25.1 Å². The Hall–Kier alpha value is -3.22. The lowest BCUT2D eigenvalue weighted by Gasteiger charge is -2.28. The Morgan fingerprint density at radius 1 is 1.22 bits per heavy atom. The molecule has 0 fully saturated rings. The van der Waals surface area contributed by atoms with Gasteiger partial charge in [0.15, 0.2) is 0 Å². The molecule has 3 N–H and O–H groups in total. The summed E-state index contributed by atoms with van der Waals surface area (Å²) in [7, 11) is 0. The summed E-state index contributed by atoms with van der Waals surface area (Å²) in [5, 5.41) is 7.57. The van der Waals surface area contributed by atoms with Crippen LogP contribution < -0.4 is 5.73 Å². The quantitative estimate of drug-likeness (QED) is 0.746. The number of fused-ring (bicyclic) bond motifs is 1. The number of carbonyl (C=O) groups excluding carboxylic acids is 1. The molecule has 0 unspecified atom stereocenters. The summed E-state index contributed by atoms with van der Waals surface area (Å²) < 4.78 is 0. The molecule has 0 spiro atoms. The minimum atomic E-state index is 0.0229. The average Bonchev–Trinajstić information content (AvgIpc) is 3.11. The highest BCUT2D eigenvalue weighted by Gasteiger charge is 2.26. The third-order valence-electron chi connectivity index (χ3n) is 4.91. The number of nitrogens with one attached hydrogen (secondary N) is 1. The molecule has 0 atom stereocenters. The van der Waals surface area contributed by atoms with Crippen LogP contribution in [0, 0.1) is 0 Å². The zero-order valence-corrected chi connectivity index (χ0v) is 15.4. The minimum absolute atomic E-state index is 0.0229. The van der Waals surface area contributed by atoms with Crippen LogP contribution >= 0.6 is 0 Å². The SMILES string of the molecule is CC(C)c1n[nH]c2c1CN(C(=O)c1cccc(-c3cnc(N)nc3)c1)CC2. The topological polar surface area (TPSA) is 101 Å². The number of nitrogens with two attached hydrogens (primary N) is 1. The number of nitrogen functional groups attached to an aromatic ring is 1. The van der Waals surface area contributed by atoms with Gasteiger partial charge in [-0.05, 0) is 23.6 Å². The molecule has 1 amide bonds. The molecule has 0 saturated carbocycles. The zero-order valence-electron chi connectivity index (χ0n) is 15.4. The van der Waals surface area contributed by atoms with E-state index in [4.69, 9.17) is 5.73 Å². The van der Waals surface area contributed by atoms with Crippen LogP contribution in [-0.4, -0.2) is 37.5 Å². The maximum Gasteiger partial charge on any atom is 0.254 e. The molecule has 0 aliphatic carbocycles. The summed E-state index contributed by atoms with van der Waals surface area (Å²) in [4.78, 5) is 23.0. The first-order valence-electron chi connectivity index (χ1n) is 9.06. The first kappa shape index (κ1) is 17.2. The molecule has 7 nitrogen and oxygen atoms in total. The van der Waals surface area contributed by atoms with Crippen LogP contribution in [-0.2, 0) is 13.0 Å². The van der Waals surface area contributed by atoms with Crippen molar-refractivity contribution in [3.8, 4) is 11.1 Å². The number of nitrogens with zero attached hydrogens (tertiary/aromatic N) is 4. The van der Waals surface area contributed by atoms with Gasteiger partial charge in [-0.2, -0.15) is 5.10 Å². The minimum Gasteiger partial charge on any atom is -0.368 e. The van der Waals surface area contributed by atoms with Crippen LogP contribution in [0.1, 0.15) is 47.1 Å². The van der Waals surface area contributed by atoms with Gasteiger partial charge < -0.3 is 10.6 Å². The zero-order chi connectivity index (χ0) is 19.0. The predicted molar refractivity (Wildman–Crippen MR) is 103 cm³/mol. The third-order valence-corrected chi connectivity index (χ3v) is 4.91. The van der Waals surface area contributed by atoms with Crippen LogP contribution in [0.25, 0.3) is 11.1 Å². The first-order valence-corrected chi connectivity index (χ1v) is 9.06. The number of amides is 1. The summed E-state index contributed by atoms with van der Waals surface area (Å²) in [5.41, 5.74) is 11.3. The van der Waals surface area contributed by atoms with E-state index in [-0.39, 0.29) is 11.9 Å². The van der Waals surface area contributed by atoms with Crippen molar-refractivity contribution in [2.45, 2.75) is 32.7 Å². The van der Waals surface area contributed by atoms with Gasteiger partial charge >= 0.3 is 0 Å². The van der Waals surface area contributed by atoms with E-state index in [0.29, 0.717) is 24.6 Å². The van der Waals surface area contributed by atoms with E-state index in [1.165, 1.54) is 0 Å². The van der Waals surface area contributed by atoms with Crippen molar-refractivity contribution in [2.75, 3.05) is 12.3 Å². The molecule has 1 aliphatic heterocycles. The maximum atomic E-state index is 13.1. The van der Waals surface area contributed by atoms with E-state index in [0.717, 1.165) is 34.5 Å². The van der Waals surface area contributed by atoms with E-state index in [1.807, 2.05) is 29.2 Å². The van der Waals surface area contributed by atoms with Crippen molar-refractivity contribution >= 4 is 11.9 Å². The fourth-order valence-electron chi connectivity index (χ4n) is 3.47. The van der Waals surface area contributed by atoms with E-state index in [2.05, 4.69) is 34.0 Å². The maximum absolute atomic E-state index is 13.1. The fraction of sp³-hybridized carbons (Fsp3) is 0.300. The number of carbonyl (C=O) groups is 1. The van der Waals surface area contributed by atoms with Gasteiger partial charge in [-0.15, -0.1) is 0 Å². The van der Waals surface area contributed by atoms with Crippen molar-refractivity contribution in [2.24, 2.45) is 0 Å². The van der Waals surface area contributed by atoms with Crippen LogP contribution in [0.15, 0.2) is 36.7 Å². The number of anilines is 1. The predicted octanol–water partition coefficient (Wildman–Crippen LogP) is 2.77. The smallest absolute Gasteiger partial charge is 0.254 e. The molecule has 3 heterocycles. The van der Waals surface area contributed by atoms with Crippen LogP contribution in [0.5, 0.6) is 0 Å². The van der Waals surface area contributed by atoms with Gasteiger partial charge in [0.05, 0.1) is 5.69 Å². The molecule has 138 valence electrons. The monoisotopic (exact) mass is 362 g/mol. The molecule has 0 bridgehead atoms. The van der Waals surface area contributed by atoms with E-state index in [9.17, 15) is 4.79 Å². The second-order valence-electron chi connectivity index (χ2n) is 7.11. The highest BCUT2D eigenvalue weighted by Crippen LogP contribution is 2.27. The number of hydrogen-bond acceptors (Lipinski definition) is 5. The van der Waals surface area contributed by atoms with Gasteiger partial charge in [0.2, 0.25) is 5.95 Å². The summed E-state index contributed by atoms with van der Waals surface area (Å²) in [6, 6.07) is 7.54. The molecule has 27 heavy (non-hydrogen) atoms. The third kappa shape index (κ3) is 3.28. The van der Waals surface area contributed by atoms with Crippen LogP contribution in [0.2, 0.25) is 0 Å². The molecule has 1 aliphatic rings. The van der Waals surface area contributed by atoms with E-state index >= 15 is 0 Å². The lowest BCUT2D eigenvalue weighted by Crippen LogP contribution is -2.36. The number of benzene rings is 1. The second-order valence-corrected chi connectivity index (χ2v) is 7.11. The van der Waals surface area contributed by atoms with Crippen molar-refractivity contribution in [3.63, 3.8) is 0 Å². The Balaban J connectivity index is 1.59. The van der Waals surface area contributed by atoms with Crippen molar-refractivity contribution < 1.29 is 4.79 Å². The van der Waals surface area contributed by atoms with E-state index in [1.54, 1.807) is 12.4 Å². The Morgan fingerprint density at radius 3 is 2.74 bits per heavy atom. The van der Waals surface area contributed by atoms with Crippen molar-refractivity contribution in [1.29, 1.82) is 0 Å². The molecule has 7 heteroatoms. The Kier molecular flexibility index (Phi) is 4.35. The molecular weight excluding hydrogens is 340 g/mol. The largest absolute Gasteiger partial charge is 0.368 e. The summed E-state index contributed by atoms with van der Waals surface area (Å²) in [6.07, 6.45) is 4.13. The average molecular weight is 362 g/mol. The van der Waals surface area contributed by atoms with Gasteiger partial charge in [0, 0.05) is 54.3 Å². The molecule has 3 aromatic rings. The number of aromatic nitrogens is 4. The molecule has 4 rings (SSSR count). The highest BCUT2D eigenvalue weighted by molar-refractivity contribution is 5.95. The van der Waals surface area contributed by atoms with Crippen LogP contribution in [0.4, 0.5) is 5.95 Å². The van der Waals surface area contributed by atoms with Gasteiger partial charge in [-0.25, -0.2) is 9.97 Å². The Bertz CT molecular complexity index is 976. The van der Waals surface area contributed by atoms with Gasteiger partial charge in [-0.3, -0.25) is 9.89 Å². The van der Waals surface area contributed by atoms with Gasteiger partial charge in [-0.1, -0.05) is 26.0 Å². The number of rotatable bonds is 3. The lowest BCUT2D eigenvalue weighted by atomic mass is 9.98. The molecule has 0 radical (unpaired) electrons. The summed E-state index contributed by atoms with van der Waals surface area (Å²) in [5.74, 6) is 0.583. The highest BCUT2D eigenvalue weighted by atomic mass is 16.2. The Labute approximate surface area is 157 Å². The molecule has 1 aromatic carbocycles. The lowest BCUT2D eigenvalue weighted by molar-refractivity contribution is 0.0733. The number of hydrogen-bond donors (Lipinski definition) is 2. The van der Waals surface area contributed by atoms with Gasteiger partial charge in [0.25, 0.3) is 5.91 Å². The van der Waals surface area contributed by atoms with Crippen molar-refractivity contribution in [3.05, 3.63) is 59.2 Å². The number of H-pyrrole nitrogens is 1. The second kappa shape index (κ2) is 6.83.